The van der Waals surface area contributed by atoms with Crippen LogP contribution in [-0.4, -0.2) is 21.2 Å². The number of carbonyl (C=O) groups excluding carboxylic acids is 1. The van der Waals surface area contributed by atoms with E-state index < -0.39 is 6.10 Å². The first kappa shape index (κ1) is 15.2. The lowest BCUT2D eigenvalue weighted by atomic mass is 10.1. The fraction of sp³-hybridized carbons (Fsp3) is 0.250. The van der Waals surface area contributed by atoms with Crippen molar-refractivity contribution < 1.29 is 9.90 Å². The fourth-order valence-electron chi connectivity index (χ4n) is 1.58. The molecule has 0 aliphatic carbocycles. The van der Waals surface area contributed by atoms with E-state index >= 15 is 0 Å². The summed E-state index contributed by atoms with van der Waals surface area (Å²) in [6.45, 7) is 1.79. The molecule has 8 heteroatoms. The fourth-order valence-corrected chi connectivity index (χ4v) is 2.73. The zero-order valence-electron chi connectivity index (χ0n) is 10.4. The number of aliphatic hydroxyl groups is 1. The maximum atomic E-state index is 11.8. The molecule has 20 heavy (non-hydrogen) atoms. The number of benzene rings is 1. The Labute approximate surface area is 129 Å². The normalized spacial score (nSPS) is 12.2. The Morgan fingerprint density at radius 1 is 1.35 bits per heavy atom. The summed E-state index contributed by atoms with van der Waals surface area (Å²) < 4.78 is 0. The summed E-state index contributed by atoms with van der Waals surface area (Å²) in [5.41, 5.74) is 0.492. The molecule has 0 bridgehead atoms. The van der Waals surface area contributed by atoms with E-state index in [1.165, 1.54) is 11.3 Å². The van der Waals surface area contributed by atoms with Crippen LogP contribution in [0.15, 0.2) is 18.2 Å². The Hall–Kier alpha value is -1.21. The minimum absolute atomic E-state index is 0.116. The summed E-state index contributed by atoms with van der Waals surface area (Å²) in [5, 5.41) is 22.1. The van der Waals surface area contributed by atoms with Gasteiger partial charge >= 0.3 is 0 Å². The zero-order valence-corrected chi connectivity index (χ0v) is 12.8. The average Bonchev–Trinajstić information content (AvgIpc) is 2.73. The molecule has 5 nitrogen and oxygen atoms in total. The smallest absolute Gasteiger partial charge is 0.229 e. The number of aromatic nitrogens is 2. The number of nitrogens with zero attached hydrogens (tertiary/aromatic N) is 2. The molecule has 1 heterocycles. The molecule has 0 saturated carbocycles. The molecule has 2 aromatic rings. The van der Waals surface area contributed by atoms with Crippen molar-refractivity contribution in [3.8, 4) is 0 Å². The van der Waals surface area contributed by atoms with Crippen LogP contribution in [0.2, 0.25) is 10.0 Å². The van der Waals surface area contributed by atoms with Gasteiger partial charge in [0.2, 0.25) is 11.0 Å². The van der Waals surface area contributed by atoms with Crippen LogP contribution in [0.5, 0.6) is 0 Å². The number of anilines is 1. The maximum absolute atomic E-state index is 11.8. The molecule has 2 rings (SSSR count). The van der Waals surface area contributed by atoms with Crippen LogP contribution in [0, 0.1) is 6.92 Å². The molecule has 0 aliphatic heterocycles. The number of hydrogen-bond acceptors (Lipinski definition) is 5. The topological polar surface area (TPSA) is 75.1 Å². The molecule has 1 aromatic heterocycles. The predicted molar refractivity (Wildman–Crippen MR) is 79.3 cm³/mol. The Balaban J connectivity index is 2.00. The van der Waals surface area contributed by atoms with E-state index in [0.29, 0.717) is 20.7 Å². The lowest BCUT2D eigenvalue weighted by Crippen LogP contribution is -2.15. The van der Waals surface area contributed by atoms with Crippen LogP contribution in [0.4, 0.5) is 5.13 Å². The van der Waals surface area contributed by atoms with Gasteiger partial charge in [-0.2, -0.15) is 0 Å². The van der Waals surface area contributed by atoms with Gasteiger partial charge in [0.15, 0.2) is 0 Å². The van der Waals surface area contributed by atoms with Crippen molar-refractivity contribution >= 4 is 45.6 Å². The monoisotopic (exact) mass is 331 g/mol. The Morgan fingerprint density at radius 3 is 2.55 bits per heavy atom. The van der Waals surface area contributed by atoms with E-state index in [2.05, 4.69) is 15.5 Å². The Bertz CT molecular complexity index is 613. The molecule has 1 amide bonds. The highest BCUT2D eigenvalue weighted by Gasteiger charge is 2.15. The van der Waals surface area contributed by atoms with Crippen molar-refractivity contribution in [1.29, 1.82) is 0 Å². The minimum atomic E-state index is -0.986. The standard InChI is InChI=1S/C12H11Cl2N3O2S/c1-6-16-17-12(20-6)15-11(19)5-10(18)7-2-8(13)4-9(14)3-7/h2-4,10,18H,5H2,1H3,(H,15,17,19). The van der Waals surface area contributed by atoms with Gasteiger partial charge in [0.1, 0.15) is 5.01 Å². The number of aliphatic hydroxyl groups excluding tert-OH is 1. The molecule has 106 valence electrons. The molecule has 0 fully saturated rings. The Kier molecular flexibility index (Phi) is 4.93. The van der Waals surface area contributed by atoms with E-state index in [9.17, 15) is 9.90 Å². The second-order valence-corrected chi connectivity index (χ2v) is 6.15. The molecular weight excluding hydrogens is 321 g/mol. The third-order valence-electron chi connectivity index (χ3n) is 2.42. The number of amides is 1. The number of hydrogen-bond donors (Lipinski definition) is 2. The first-order chi connectivity index (χ1) is 9.44. The number of nitrogens with one attached hydrogen (secondary N) is 1. The van der Waals surface area contributed by atoms with Crippen molar-refractivity contribution in [2.24, 2.45) is 0 Å². The molecular formula is C12H11Cl2N3O2S. The third-order valence-corrected chi connectivity index (χ3v) is 3.61. The van der Waals surface area contributed by atoms with E-state index in [1.807, 2.05) is 0 Å². The minimum Gasteiger partial charge on any atom is -0.388 e. The number of carbonyl (C=O) groups is 1. The largest absolute Gasteiger partial charge is 0.388 e. The summed E-state index contributed by atoms with van der Waals surface area (Å²) in [6.07, 6.45) is -1.10. The predicted octanol–water partition coefficient (Wildman–Crippen LogP) is 3.22. The average molecular weight is 332 g/mol. The van der Waals surface area contributed by atoms with Gasteiger partial charge in [-0.15, -0.1) is 10.2 Å². The van der Waals surface area contributed by atoms with Gasteiger partial charge in [0.25, 0.3) is 0 Å². The van der Waals surface area contributed by atoms with Crippen LogP contribution in [0.1, 0.15) is 23.1 Å². The van der Waals surface area contributed by atoms with Crippen LogP contribution < -0.4 is 5.32 Å². The van der Waals surface area contributed by atoms with E-state index in [0.717, 1.165) is 5.01 Å². The highest BCUT2D eigenvalue weighted by molar-refractivity contribution is 7.15. The molecule has 1 unspecified atom stereocenters. The SMILES string of the molecule is Cc1nnc(NC(=O)CC(O)c2cc(Cl)cc(Cl)c2)s1. The molecule has 0 aliphatic rings. The van der Waals surface area contributed by atoms with Gasteiger partial charge in [-0.25, -0.2) is 0 Å². The highest BCUT2D eigenvalue weighted by atomic mass is 35.5. The summed E-state index contributed by atoms with van der Waals surface area (Å²) in [6, 6.07) is 4.70. The molecule has 1 aromatic carbocycles. The molecule has 0 saturated heterocycles. The Morgan fingerprint density at radius 2 is 2.00 bits per heavy atom. The van der Waals surface area contributed by atoms with Crippen molar-refractivity contribution in [2.45, 2.75) is 19.4 Å². The van der Waals surface area contributed by atoms with Gasteiger partial charge in [0, 0.05) is 10.0 Å². The first-order valence-corrected chi connectivity index (χ1v) is 7.25. The van der Waals surface area contributed by atoms with Crippen LogP contribution >= 0.6 is 34.5 Å². The molecule has 0 spiro atoms. The van der Waals surface area contributed by atoms with Gasteiger partial charge < -0.3 is 10.4 Å². The van der Waals surface area contributed by atoms with Crippen LogP contribution in [0.25, 0.3) is 0 Å². The van der Waals surface area contributed by atoms with Gasteiger partial charge in [-0.3, -0.25) is 4.79 Å². The van der Waals surface area contributed by atoms with Crippen molar-refractivity contribution in [2.75, 3.05) is 5.32 Å². The summed E-state index contributed by atoms with van der Waals surface area (Å²) in [7, 11) is 0. The van der Waals surface area contributed by atoms with Crippen molar-refractivity contribution in [3.05, 3.63) is 38.8 Å². The zero-order chi connectivity index (χ0) is 14.7. The lowest BCUT2D eigenvalue weighted by molar-refractivity contribution is -0.118. The summed E-state index contributed by atoms with van der Waals surface area (Å²) in [5.74, 6) is -0.357. The maximum Gasteiger partial charge on any atom is 0.229 e. The summed E-state index contributed by atoms with van der Waals surface area (Å²) >= 11 is 13.0. The van der Waals surface area contributed by atoms with Gasteiger partial charge in [0.05, 0.1) is 12.5 Å². The van der Waals surface area contributed by atoms with E-state index in [4.69, 9.17) is 23.2 Å². The second-order valence-electron chi connectivity index (χ2n) is 4.10. The van der Waals surface area contributed by atoms with Crippen LogP contribution in [0.3, 0.4) is 0 Å². The van der Waals surface area contributed by atoms with Crippen molar-refractivity contribution in [1.82, 2.24) is 10.2 Å². The second kappa shape index (κ2) is 6.49. The number of rotatable bonds is 4. The third kappa shape index (κ3) is 4.14. The van der Waals surface area contributed by atoms with E-state index in [1.54, 1.807) is 25.1 Å². The molecule has 1 atom stereocenters. The molecule has 2 N–H and O–H groups in total. The summed E-state index contributed by atoms with van der Waals surface area (Å²) in [4.78, 5) is 11.8. The highest BCUT2D eigenvalue weighted by Crippen LogP contribution is 2.25. The quantitative estimate of drug-likeness (QED) is 0.901. The van der Waals surface area contributed by atoms with Crippen LogP contribution in [-0.2, 0) is 4.79 Å². The first-order valence-electron chi connectivity index (χ1n) is 5.68. The lowest BCUT2D eigenvalue weighted by Gasteiger charge is -2.11. The van der Waals surface area contributed by atoms with Gasteiger partial charge in [-0.05, 0) is 30.7 Å². The molecule has 0 radical (unpaired) electrons. The number of aryl methyl sites for hydroxylation is 1. The van der Waals surface area contributed by atoms with E-state index in [-0.39, 0.29) is 12.3 Å². The van der Waals surface area contributed by atoms with Crippen molar-refractivity contribution in [3.63, 3.8) is 0 Å². The number of halogens is 2. The van der Waals surface area contributed by atoms with Gasteiger partial charge in [-0.1, -0.05) is 34.5 Å².